The Kier molecular flexibility index (Phi) is 6.39. The molecule has 13 heteroatoms. The molecule has 3 fully saturated rings. The Hall–Kier alpha value is -3.96. The molecule has 6 rings (SSSR count). The highest BCUT2D eigenvalue weighted by Gasteiger charge is 2.76. The lowest BCUT2D eigenvalue weighted by Crippen LogP contribution is -2.60. The van der Waals surface area contributed by atoms with E-state index in [-0.39, 0.29) is 47.9 Å². The zero-order valence-corrected chi connectivity index (χ0v) is 24.0. The molecule has 2 aromatic rings. The number of fused-ring (bicyclic) bond motifs is 4. The predicted octanol–water partition coefficient (Wildman–Crippen LogP) is 3.89. The van der Waals surface area contributed by atoms with Crippen molar-refractivity contribution >= 4 is 58.2 Å². The first-order valence-corrected chi connectivity index (χ1v) is 14.1. The van der Waals surface area contributed by atoms with Gasteiger partial charge in [-0.1, -0.05) is 29.8 Å². The maximum atomic E-state index is 14.0. The molecule has 2 saturated heterocycles. The zero-order valence-electron chi connectivity index (χ0n) is 22.5. The molecule has 0 radical (unpaired) electrons. The van der Waals surface area contributed by atoms with Gasteiger partial charge in [0.25, 0.3) is 17.5 Å². The Bertz CT molecular complexity index is 1630. The number of hydrogen-bond acceptors (Lipinski definition) is 8. The number of non-ortho nitro benzene ring substituents is 1. The van der Waals surface area contributed by atoms with Crippen LogP contribution < -0.4 is 9.64 Å². The lowest BCUT2D eigenvalue weighted by atomic mass is 9.56. The van der Waals surface area contributed by atoms with Crippen LogP contribution in [0, 0.1) is 27.9 Å². The number of para-hydroxylation sites is 1. The molecule has 4 aliphatic rings. The average Bonchev–Trinajstić information content (AvgIpc) is 3.29. The number of nitro benzene ring substituents is 1. The fourth-order valence-corrected chi connectivity index (χ4v) is 8.15. The normalized spacial score (nSPS) is 32.0. The summed E-state index contributed by atoms with van der Waals surface area (Å²) in [4.78, 5) is 63.4. The molecule has 42 heavy (non-hydrogen) atoms. The van der Waals surface area contributed by atoms with Crippen LogP contribution in [-0.2, 0) is 19.2 Å². The largest absolute Gasteiger partial charge is 0.504 e. The van der Waals surface area contributed by atoms with E-state index in [1.807, 2.05) is 0 Å². The molecule has 0 bridgehead atoms. The quantitative estimate of drug-likeness (QED) is 0.176. The van der Waals surface area contributed by atoms with Crippen LogP contribution in [0.5, 0.6) is 11.5 Å². The number of ether oxygens (including phenoxy) is 1. The molecule has 6 atom stereocenters. The number of rotatable bonds is 5. The third-order valence-electron chi connectivity index (χ3n) is 8.95. The first-order chi connectivity index (χ1) is 19.9. The molecule has 1 N–H and O–H groups in total. The zero-order chi connectivity index (χ0) is 30.3. The topological polar surface area (TPSA) is 147 Å². The van der Waals surface area contributed by atoms with E-state index in [2.05, 4.69) is 0 Å². The number of aromatic hydroxyl groups is 1. The van der Waals surface area contributed by atoms with Crippen molar-refractivity contribution in [2.45, 2.75) is 35.4 Å². The molecule has 11 nitrogen and oxygen atoms in total. The summed E-state index contributed by atoms with van der Waals surface area (Å²) in [6.07, 6.45) is 1.63. The minimum absolute atomic E-state index is 0.0590. The van der Waals surface area contributed by atoms with E-state index in [0.29, 0.717) is 5.57 Å². The number of carbonyl (C=O) groups excluding carboxylic acids is 4. The van der Waals surface area contributed by atoms with E-state index in [1.54, 1.807) is 31.2 Å². The van der Waals surface area contributed by atoms with Crippen LogP contribution in [0.4, 0.5) is 11.4 Å². The van der Waals surface area contributed by atoms with Crippen molar-refractivity contribution in [1.82, 2.24) is 4.90 Å². The van der Waals surface area contributed by atoms with E-state index in [0.717, 1.165) is 15.9 Å². The minimum Gasteiger partial charge on any atom is -0.504 e. The van der Waals surface area contributed by atoms with Crippen LogP contribution in [0.3, 0.4) is 0 Å². The summed E-state index contributed by atoms with van der Waals surface area (Å²) in [6, 6.07) is 9.97. The minimum atomic E-state index is -2.05. The van der Waals surface area contributed by atoms with Crippen LogP contribution in [0.2, 0.25) is 0 Å². The van der Waals surface area contributed by atoms with Gasteiger partial charge in [0, 0.05) is 30.7 Å². The van der Waals surface area contributed by atoms with Gasteiger partial charge in [-0.3, -0.25) is 34.2 Å². The number of halogens is 2. The van der Waals surface area contributed by atoms with Gasteiger partial charge in [0.15, 0.2) is 21.2 Å². The smallest absolute Gasteiger partial charge is 0.271 e. The van der Waals surface area contributed by atoms with Gasteiger partial charge in [0.05, 0.1) is 29.1 Å². The SMILES string of the molecule is CCOc1cccc(C2C3=CCC4C(=O)N(c5cccc([N+](=O)[O-])c5)C(=O)C4C3CC3(Cl)C(=O)N(C)C(=O)C23Cl)c1O. The van der Waals surface area contributed by atoms with Crippen molar-refractivity contribution < 1.29 is 33.9 Å². The van der Waals surface area contributed by atoms with Crippen LogP contribution in [0.15, 0.2) is 54.1 Å². The van der Waals surface area contributed by atoms with E-state index in [4.69, 9.17) is 27.9 Å². The number of carbonyl (C=O) groups is 4. The molecule has 4 amide bonds. The predicted molar refractivity (Wildman–Crippen MR) is 150 cm³/mol. The Labute approximate surface area is 249 Å². The molecule has 2 heterocycles. The van der Waals surface area contributed by atoms with E-state index in [1.165, 1.54) is 25.2 Å². The van der Waals surface area contributed by atoms with E-state index in [9.17, 15) is 34.4 Å². The first-order valence-electron chi connectivity index (χ1n) is 13.4. The number of amides is 4. The fraction of sp³-hybridized carbons (Fsp3) is 0.379. The van der Waals surface area contributed by atoms with Crippen LogP contribution >= 0.6 is 23.2 Å². The molecule has 2 aliphatic carbocycles. The summed E-state index contributed by atoms with van der Waals surface area (Å²) in [5, 5.41) is 22.7. The molecule has 0 aromatic heterocycles. The van der Waals surface area contributed by atoms with E-state index < -0.39 is 62.0 Å². The Morgan fingerprint density at radius 1 is 1.07 bits per heavy atom. The monoisotopic (exact) mass is 613 g/mol. The van der Waals surface area contributed by atoms with Gasteiger partial charge in [-0.05, 0) is 37.8 Å². The van der Waals surface area contributed by atoms with Crippen molar-refractivity contribution in [3.05, 3.63) is 69.8 Å². The van der Waals surface area contributed by atoms with Crippen molar-refractivity contribution in [2.75, 3.05) is 18.6 Å². The van der Waals surface area contributed by atoms with Gasteiger partial charge in [0.2, 0.25) is 11.8 Å². The Morgan fingerprint density at radius 2 is 1.79 bits per heavy atom. The van der Waals surface area contributed by atoms with Crippen LogP contribution in [0.1, 0.15) is 31.2 Å². The number of phenols is 1. The fourth-order valence-electron chi connectivity index (χ4n) is 7.13. The number of nitro groups is 1. The number of nitrogens with zero attached hydrogens (tertiary/aromatic N) is 3. The number of likely N-dealkylation sites (tertiary alicyclic amines) is 1. The summed E-state index contributed by atoms with van der Waals surface area (Å²) in [7, 11) is 1.28. The summed E-state index contributed by atoms with van der Waals surface area (Å²) in [6.45, 7) is 1.98. The van der Waals surface area contributed by atoms with Gasteiger partial charge in [-0.15, -0.1) is 23.2 Å². The summed E-state index contributed by atoms with van der Waals surface area (Å²) in [5.74, 6) is -6.54. The Morgan fingerprint density at radius 3 is 2.48 bits per heavy atom. The summed E-state index contributed by atoms with van der Waals surface area (Å²) in [5.41, 5.74) is 0.474. The van der Waals surface area contributed by atoms with E-state index >= 15 is 0 Å². The second-order valence-corrected chi connectivity index (χ2v) is 12.2. The van der Waals surface area contributed by atoms with Crippen molar-refractivity contribution in [3.8, 4) is 11.5 Å². The standard InChI is InChI=1S/C29H25Cl2N3O8/c1-3-42-20-9-5-8-18(23(20)35)22-16-10-11-17-21(19(16)13-28(30)26(38)32(2)27(39)29(22,28)31)25(37)33(24(17)36)14-6-4-7-15(12-14)34(40)41/h4-10,12,17,19,21-22,35H,3,11,13H2,1-2H3. The number of anilines is 1. The molecule has 2 aliphatic heterocycles. The van der Waals surface area contributed by atoms with Gasteiger partial charge in [0.1, 0.15) is 0 Å². The summed E-state index contributed by atoms with van der Waals surface area (Å²) < 4.78 is 5.57. The molecular formula is C29H25Cl2N3O8. The molecule has 2 aromatic carbocycles. The van der Waals surface area contributed by atoms with Gasteiger partial charge in [-0.2, -0.15) is 0 Å². The summed E-state index contributed by atoms with van der Waals surface area (Å²) >= 11 is 14.3. The number of benzene rings is 2. The molecular weight excluding hydrogens is 589 g/mol. The van der Waals surface area contributed by atoms with Crippen molar-refractivity contribution in [2.24, 2.45) is 17.8 Å². The lowest BCUT2D eigenvalue weighted by molar-refractivity contribution is -0.384. The molecule has 0 spiro atoms. The second kappa shape index (κ2) is 9.53. The third kappa shape index (κ3) is 3.53. The number of phenolic OH excluding ortho intramolecular Hbond substituents is 1. The highest BCUT2D eigenvalue weighted by atomic mass is 35.5. The number of alkyl halides is 2. The maximum absolute atomic E-state index is 14.0. The van der Waals surface area contributed by atoms with Gasteiger partial charge >= 0.3 is 0 Å². The van der Waals surface area contributed by atoms with Crippen molar-refractivity contribution in [1.29, 1.82) is 0 Å². The highest BCUT2D eigenvalue weighted by molar-refractivity contribution is 6.53. The first kappa shape index (κ1) is 28.2. The Balaban J connectivity index is 1.51. The van der Waals surface area contributed by atoms with Gasteiger partial charge < -0.3 is 9.84 Å². The molecule has 218 valence electrons. The molecule has 1 saturated carbocycles. The number of hydrogen-bond donors (Lipinski definition) is 1. The van der Waals surface area contributed by atoms with Gasteiger partial charge in [-0.25, -0.2) is 4.90 Å². The second-order valence-electron chi connectivity index (χ2n) is 10.9. The van der Waals surface area contributed by atoms with Crippen LogP contribution in [0.25, 0.3) is 0 Å². The maximum Gasteiger partial charge on any atom is 0.271 e. The highest BCUT2D eigenvalue weighted by Crippen LogP contribution is 2.66. The van der Waals surface area contributed by atoms with Crippen LogP contribution in [-0.4, -0.2) is 62.0 Å². The molecule has 6 unspecified atom stereocenters. The lowest BCUT2D eigenvalue weighted by Gasteiger charge is -2.50. The number of allylic oxidation sites excluding steroid dienone is 2. The average molecular weight is 614 g/mol. The third-order valence-corrected chi connectivity index (χ3v) is 10.4. The number of imide groups is 2. The van der Waals surface area contributed by atoms with Crippen molar-refractivity contribution in [3.63, 3.8) is 0 Å².